The second-order valence-electron chi connectivity index (χ2n) is 7.60. The molecule has 2 unspecified atom stereocenters. The summed E-state index contributed by atoms with van der Waals surface area (Å²) in [6.45, 7) is 0.910. The molecule has 5 aliphatic rings. The van der Waals surface area contributed by atoms with Crippen molar-refractivity contribution in [1.82, 2.24) is 4.90 Å². The molecule has 0 radical (unpaired) electrons. The minimum atomic E-state index is -1.32. The van der Waals surface area contributed by atoms with Gasteiger partial charge in [0.25, 0.3) is 0 Å². The summed E-state index contributed by atoms with van der Waals surface area (Å²) in [7, 11) is 2.14. The van der Waals surface area contributed by atoms with Crippen LogP contribution in [0.5, 0.6) is 0 Å². The standard InChI is InChI=1S/C18H21NO4/c1-19-7-6-17-11-3-4-13(21)16(17)23-18(9-20)14(22)5-2-10(15(17)18)8-12(11)19/h2-5,9,11-14,16,21-22H,6-8H2,1H3/t11-,12+,13-,14?,16-,17-,18?/m0/s1. The Balaban J connectivity index is 1.83. The molecular weight excluding hydrogens is 294 g/mol. The fourth-order valence-corrected chi connectivity index (χ4v) is 5.86. The van der Waals surface area contributed by atoms with E-state index in [1.165, 1.54) is 0 Å². The number of hydrogen-bond donors (Lipinski definition) is 2. The zero-order chi connectivity index (χ0) is 16.0. The smallest absolute Gasteiger partial charge is 0.175 e. The molecule has 0 aromatic carbocycles. The Morgan fingerprint density at radius 2 is 2.17 bits per heavy atom. The monoisotopic (exact) mass is 315 g/mol. The van der Waals surface area contributed by atoms with Gasteiger partial charge in [-0.3, -0.25) is 4.79 Å². The predicted molar refractivity (Wildman–Crippen MR) is 82.6 cm³/mol. The average Bonchev–Trinajstić information content (AvgIpc) is 2.87. The van der Waals surface area contributed by atoms with Crippen molar-refractivity contribution in [2.45, 2.75) is 42.8 Å². The topological polar surface area (TPSA) is 70.0 Å². The molecule has 2 saturated heterocycles. The molecule has 2 N–H and O–H groups in total. The van der Waals surface area contributed by atoms with Crippen molar-refractivity contribution in [3.05, 3.63) is 35.5 Å². The van der Waals surface area contributed by atoms with Crippen LogP contribution in [0.15, 0.2) is 35.5 Å². The van der Waals surface area contributed by atoms with Crippen molar-refractivity contribution in [3.8, 4) is 0 Å². The lowest BCUT2D eigenvalue weighted by Gasteiger charge is -2.57. The van der Waals surface area contributed by atoms with Gasteiger partial charge >= 0.3 is 0 Å². The van der Waals surface area contributed by atoms with E-state index in [9.17, 15) is 15.0 Å². The fourth-order valence-electron chi connectivity index (χ4n) is 5.86. The molecular formula is C18H21NO4. The molecule has 2 bridgehead atoms. The first-order valence-corrected chi connectivity index (χ1v) is 8.36. The minimum Gasteiger partial charge on any atom is -0.386 e. The Hall–Kier alpha value is -1.27. The molecule has 5 rings (SSSR count). The number of aliphatic hydroxyl groups excluding tert-OH is 2. The molecule has 122 valence electrons. The summed E-state index contributed by atoms with van der Waals surface area (Å²) in [4.78, 5) is 14.4. The Kier molecular flexibility index (Phi) is 2.59. The third-order valence-corrected chi connectivity index (χ3v) is 6.81. The molecule has 5 heteroatoms. The minimum absolute atomic E-state index is 0.217. The summed E-state index contributed by atoms with van der Waals surface area (Å²) < 4.78 is 6.18. The van der Waals surface area contributed by atoms with Crippen LogP contribution in [0.25, 0.3) is 0 Å². The summed E-state index contributed by atoms with van der Waals surface area (Å²) in [6, 6.07) is 0.347. The number of ether oxygens (including phenoxy) is 1. The van der Waals surface area contributed by atoms with Crippen LogP contribution in [-0.2, 0) is 9.53 Å². The number of carbonyl (C=O) groups is 1. The molecule has 2 fully saturated rings. The van der Waals surface area contributed by atoms with Gasteiger partial charge < -0.3 is 19.8 Å². The SMILES string of the molecule is CN1CC[C@]23C4=C5C=CC(O)C4(C=O)O[C@H]2[C@@H](O)C=C[C@H]3[C@H]1C5. The van der Waals surface area contributed by atoms with Crippen LogP contribution >= 0.6 is 0 Å². The highest BCUT2D eigenvalue weighted by Gasteiger charge is 2.71. The first kappa shape index (κ1) is 14.1. The second kappa shape index (κ2) is 4.22. The maximum atomic E-state index is 12.1. The van der Waals surface area contributed by atoms with Gasteiger partial charge in [-0.25, -0.2) is 0 Å². The molecule has 0 aromatic rings. The Bertz CT molecular complexity index is 683. The Morgan fingerprint density at radius 1 is 1.35 bits per heavy atom. The van der Waals surface area contributed by atoms with Crippen molar-refractivity contribution < 1.29 is 19.7 Å². The normalized spacial score (nSPS) is 53.4. The van der Waals surface area contributed by atoms with Crippen molar-refractivity contribution in [2.24, 2.45) is 11.3 Å². The zero-order valence-electron chi connectivity index (χ0n) is 13.1. The first-order valence-electron chi connectivity index (χ1n) is 8.36. The highest BCUT2D eigenvalue weighted by Crippen LogP contribution is 2.66. The van der Waals surface area contributed by atoms with Crippen molar-refractivity contribution in [2.75, 3.05) is 13.6 Å². The number of aldehydes is 1. The van der Waals surface area contributed by atoms with Crippen molar-refractivity contribution in [3.63, 3.8) is 0 Å². The van der Waals surface area contributed by atoms with Crippen molar-refractivity contribution in [1.29, 1.82) is 0 Å². The second-order valence-corrected chi connectivity index (χ2v) is 7.60. The van der Waals surface area contributed by atoms with Crippen LogP contribution < -0.4 is 0 Å². The molecule has 7 atom stereocenters. The van der Waals surface area contributed by atoms with Gasteiger partial charge in [-0.1, -0.05) is 24.3 Å². The largest absolute Gasteiger partial charge is 0.386 e. The van der Waals surface area contributed by atoms with E-state index < -0.39 is 23.9 Å². The van der Waals surface area contributed by atoms with Gasteiger partial charge in [0.1, 0.15) is 6.10 Å². The molecule has 5 nitrogen and oxygen atoms in total. The highest BCUT2D eigenvalue weighted by atomic mass is 16.5. The Morgan fingerprint density at radius 3 is 2.96 bits per heavy atom. The van der Waals surface area contributed by atoms with Crippen LogP contribution in [0.2, 0.25) is 0 Å². The Labute approximate surface area is 134 Å². The van der Waals surface area contributed by atoms with E-state index in [1.54, 1.807) is 12.2 Å². The average molecular weight is 315 g/mol. The molecule has 0 saturated carbocycles. The molecule has 3 aliphatic carbocycles. The van der Waals surface area contributed by atoms with Crippen LogP contribution in [0.1, 0.15) is 12.8 Å². The molecule has 23 heavy (non-hydrogen) atoms. The molecule has 2 heterocycles. The van der Waals surface area contributed by atoms with Gasteiger partial charge in [0, 0.05) is 17.4 Å². The highest BCUT2D eigenvalue weighted by molar-refractivity contribution is 5.76. The van der Waals surface area contributed by atoms with Crippen LogP contribution in [0.4, 0.5) is 0 Å². The van der Waals surface area contributed by atoms with Gasteiger partial charge in [0.15, 0.2) is 11.9 Å². The molecule has 1 spiro atoms. The number of allylic oxidation sites excluding steroid dienone is 1. The summed E-state index contributed by atoms with van der Waals surface area (Å²) in [5, 5.41) is 21.1. The lowest BCUT2D eigenvalue weighted by atomic mass is 9.50. The van der Waals surface area contributed by atoms with E-state index in [-0.39, 0.29) is 11.3 Å². The van der Waals surface area contributed by atoms with Gasteiger partial charge in [-0.15, -0.1) is 0 Å². The number of nitrogens with zero attached hydrogens (tertiary/aromatic N) is 1. The van der Waals surface area contributed by atoms with Crippen LogP contribution in [0.3, 0.4) is 0 Å². The lowest BCUT2D eigenvalue weighted by Crippen LogP contribution is -2.62. The number of hydrogen-bond acceptors (Lipinski definition) is 5. The van der Waals surface area contributed by atoms with Crippen LogP contribution in [0, 0.1) is 11.3 Å². The predicted octanol–water partition coefficient (Wildman–Crippen LogP) is 0.191. The van der Waals surface area contributed by atoms with E-state index >= 15 is 0 Å². The number of aliphatic hydroxyl groups is 2. The quantitative estimate of drug-likeness (QED) is 0.534. The number of rotatable bonds is 1. The summed E-state index contributed by atoms with van der Waals surface area (Å²) >= 11 is 0. The van der Waals surface area contributed by atoms with E-state index in [4.69, 9.17) is 4.74 Å². The van der Waals surface area contributed by atoms with Crippen molar-refractivity contribution >= 4 is 6.29 Å². The van der Waals surface area contributed by atoms with Gasteiger partial charge in [0.2, 0.25) is 0 Å². The lowest BCUT2D eigenvalue weighted by molar-refractivity contribution is -0.153. The van der Waals surface area contributed by atoms with Gasteiger partial charge in [-0.2, -0.15) is 0 Å². The molecule has 0 amide bonds. The van der Waals surface area contributed by atoms with E-state index in [0.29, 0.717) is 6.04 Å². The molecule has 2 aliphatic heterocycles. The maximum Gasteiger partial charge on any atom is 0.175 e. The summed E-state index contributed by atoms with van der Waals surface area (Å²) in [5.41, 5.74) is 0.366. The summed E-state index contributed by atoms with van der Waals surface area (Å²) in [5.74, 6) is 0.217. The summed E-state index contributed by atoms with van der Waals surface area (Å²) in [6.07, 6.45) is 7.81. The number of carbonyl (C=O) groups excluding carboxylic acids is 1. The maximum absolute atomic E-state index is 12.1. The zero-order valence-corrected chi connectivity index (χ0v) is 13.1. The third-order valence-electron chi connectivity index (χ3n) is 6.81. The number of likely N-dealkylation sites (tertiary alicyclic amines) is 1. The first-order chi connectivity index (χ1) is 11.0. The van der Waals surface area contributed by atoms with Crippen LogP contribution in [-0.4, -0.2) is 64.9 Å². The fraction of sp³-hybridized carbons (Fsp3) is 0.611. The van der Waals surface area contributed by atoms with Gasteiger partial charge in [0.05, 0.1) is 12.2 Å². The molecule has 0 aromatic heterocycles. The van der Waals surface area contributed by atoms with Gasteiger partial charge in [-0.05, 0) is 37.6 Å². The van der Waals surface area contributed by atoms with E-state index in [1.807, 2.05) is 6.08 Å². The van der Waals surface area contributed by atoms with E-state index in [0.717, 1.165) is 36.8 Å². The third kappa shape index (κ3) is 1.37. The van der Waals surface area contributed by atoms with E-state index in [2.05, 4.69) is 18.0 Å². The number of piperidine rings is 1.